The summed E-state index contributed by atoms with van der Waals surface area (Å²) in [6.07, 6.45) is 3.04. The van der Waals surface area contributed by atoms with E-state index in [4.69, 9.17) is 9.79 Å². The van der Waals surface area contributed by atoms with Gasteiger partial charge in [-0.25, -0.2) is 0 Å². The van der Waals surface area contributed by atoms with Gasteiger partial charge in [0.15, 0.2) is 0 Å². The van der Waals surface area contributed by atoms with Gasteiger partial charge in [-0.2, -0.15) is 4.73 Å². The highest BCUT2D eigenvalue weighted by Gasteiger charge is 2.08. The first kappa shape index (κ1) is 7.75. The molecule has 10 heavy (non-hydrogen) atoms. The number of aromatic nitrogens is 1. The van der Waals surface area contributed by atoms with Gasteiger partial charge in [-0.1, -0.05) is 0 Å². The molecule has 1 heterocycles. The molecule has 0 radical (unpaired) electrons. The van der Waals surface area contributed by atoms with Crippen molar-refractivity contribution in [2.75, 3.05) is 0 Å². The fraction of sp³-hybridized carbons (Fsp3) is 0. The molecule has 0 amide bonds. The van der Waals surface area contributed by atoms with Crippen molar-refractivity contribution in [1.29, 1.82) is 0 Å². The van der Waals surface area contributed by atoms with E-state index in [1.54, 1.807) is 12.1 Å². The molecule has 0 aliphatic carbocycles. The minimum Gasteiger partial charge on any atom is -0.333 e. The molecule has 0 spiro atoms. The molecule has 0 aromatic carbocycles. The van der Waals surface area contributed by atoms with Crippen LogP contribution < -0.4 is 4.62 Å². The molecule has 4 nitrogen and oxygen atoms in total. The van der Waals surface area contributed by atoms with Crippen LogP contribution in [0.4, 0.5) is 0 Å². The van der Waals surface area contributed by atoms with Crippen LogP contribution in [0.25, 0.3) is 0 Å². The average molecular weight is 179 g/mol. The highest BCUT2D eigenvalue weighted by Crippen LogP contribution is 2.31. The zero-order chi connectivity index (χ0) is 7.61. The van der Waals surface area contributed by atoms with Crippen LogP contribution >= 0.6 is 6.72 Å². The zero-order valence-electron chi connectivity index (χ0n) is 4.91. The van der Waals surface area contributed by atoms with Gasteiger partial charge in [0.05, 0.1) is 0 Å². The lowest BCUT2D eigenvalue weighted by Crippen LogP contribution is -2.04. The van der Waals surface area contributed by atoms with Crippen molar-refractivity contribution in [2.24, 2.45) is 0 Å². The SMILES string of the molecule is OP(O)(=S)On1cccc1. The third kappa shape index (κ3) is 2.49. The molecule has 0 aliphatic heterocycles. The summed E-state index contributed by atoms with van der Waals surface area (Å²) < 4.78 is 5.65. The molecule has 1 aromatic rings. The summed E-state index contributed by atoms with van der Waals surface area (Å²) in [6.45, 7) is -3.56. The maximum Gasteiger partial charge on any atom is 0.394 e. The summed E-state index contributed by atoms with van der Waals surface area (Å²) in [5.74, 6) is 0. The molecule has 1 aromatic heterocycles. The Bertz CT molecular complexity index is 241. The predicted octanol–water partition coefficient (Wildman–Crippen LogP) is 0.126. The second-order valence-corrected chi connectivity index (χ2v) is 4.19. The van der Waals surface area contributed by atoms with Crippen LogP contribution in [0.2, 0.25) is 0 Å². The first-order valence-corrected chi connectivity index (χ1v) is 5.09. The van der Waals surface area contributed by atoms with Crippen LogP contribution in [-0.2, 0) is 11.8 Å². The van der Waals surface area contributed by atoms with Crippen LogP contribution in [0.3, 0.4) is 0 Å². The third-order valence-corrected chi connectivity index (χ3v) is 1.38. The summed E-state index contributed by atoms with van der Waals surface area (Å²) in [7, 11) is 0. The molecule has 0 atom stereocenters. The Hall–Kier alpha value is -0.350. The number of hydrogen-bond donors (Lipinski definition) is 2. The van der Waals surface area contributed by atoms with Gasteiger partial charge in [-0.15, -0.1) is 0 Å². The van der Waals surface area contributed by atoms with Gasteiger partial charge in [-0.3, -0.25) is 0 Å². The quantitative estimate of drug-likeness (QED) is 0.633. The smallest absolute Gasteiger partial charge is 0.333 e. The predicted molar refractivity (Wildman–Crippen MR) is 39.7 cm³/mol. The molecule has 0 aliphatic rings. The van der Waals surface area contributed by atoms with E-state index in [-0.39, 0.29) is 0 Å². The van der Waals surface area contributed by atoms with E-state index in [0.717, 1.165) is 4.73 Å². The minimum absolute atomic E-state index is 1.15. The van der Waals surface area contributed by atoms with Crippen molar-refractivity contribution in [3.05, 3.63) is 24.5 Å². The van der Waals surface area contributed by atoms with Crippen molar-refractivity contribution in [1.82, 2.24) is 4.73 Å². The van der Waals surface area contributed by atoms with E-state index in [2.05, 4.69) is 16.4 Å². The third-order valence-electron chi connectivity index (χ3n) is 0.778. The second kappa shape index (κ2) is 2.72. The maximum atomic E-state index is 8.63. The van der Waals surface area contributed by atoms with Crippen molar-refractivity contribution in [2.45, 2.75) is 0 Å². The Balaban J connectivity index is 2.66. The van der Waals surface area contributed by atoms with Crippen LogP contribution in [0.1, 0.15) is 0 Å². The highest BCUT2D eigenvalue weighted by molar-refractivity contribution is 8.06. The van der Waals surface area contributed by atoms with Gasteiger partial charge < -0.3 is 14.4 Å². The Morgan fingerprint density at radius 2 is 1.80 bits per heavy atom. The summed E-state index contributed by atoms with van der Waals surface area (Å²) in [5, 5.41) is 0. The van der Waals surface area contributed by atoms with Gasteiger partial charge in [0.2, 0.25) is 0 Å². The first-order valence-electron chi connectivity index (χ1n) is 2.46. The standard InChI is InChI=1S/C4H6NO3PS/c6-9(7,10)8-5-3-1-2-4-5/h1-4H,(H2,6,7,10). The fourth-order valence-corrected chi connectivity index (χ4v) is 1.08. The van der Waals surface area contributed by atoms with E-state index >= 15 is 0 Å². The molecule has 0 bridgehead atoms. The van der Waals surface area contributed by atoms with Gasteiger partial charge >= 0.3 is 6.72 Å². The van der Waals surface area contributed by atoms with Gasteiger partial charge in [0, 0.05) is 24.2 Å². The van der Waals surface area contributed by atoms with E-state index in [1.807, 2.05) is 0 Å². The number of nitrogens with zero attached hydrogens (tertiary/aromatic N) is 1. The normalized spacial score (nSPS) is 11.4. The van der Waals surface area contributed by atoms with Crippen molar-refractivity contribution in [3.63, 3.8) is 0 Å². The molecule has 0 saturated carbocycles. The van der Waals surface area contributed by atoms with Gasteiger partial charge in [0.25, 0.3) is 0 Å². The lowest BCUT2D eigenvalue weighted by Gasteiger charge is -2.08. The molecular weight excluding hydrogens is 173 g/mol. The van der Waals surface area contributed by atoms with E-state index < -0.39 is 6.72 Å². The highest BCUT2D eigenvalue weighted by atomic mass is 32.5. The zero-order valence-corrected chi connectivity index (χ0v) is 6.63. The van der Waals surface area contributed by atoms with Crippen LogP contribution in [-0.4, -0.2) is 14.5 Å². The van der Waals surface area contributed by atoms with Crippen molar-refractivity contribution >= 4 is 18.5 Å². The summed E-state index contributed by atoms with van der Waals surface area (Å²) in [6, 6.07) is 3.37. The summed E-state index contributed by atoms with van der Waals surface area (Å²) >= 11 is 4.21. The van der Waals surface area contributed by atoms with E-state index in [1.165, 1.54) is 12.4 Å². The monoisotopic (exact) mass is 179 g/mol. The fourth-order valence-electron chi connectivity index (χ4n) is 0.496. The molecule has 0 fully saturated rings. The van der Waals surface area contributed by atoms with Crippen LogP contribution in [0.5, 0.6) is 0 Å². The van der Waals surface area contributed by atoms with E-state index in [9.17, 15) is 0 Å². The average Bonchev–Trinajstić information content (AvgIpc) is 2.12. The lowest BCUT2D eigenvalue weighted by molar-refractivity contribution is 0.225. The second-order valence-electron chi connectivity index (χ2n) is 1.62. The molecule has 1 rings (SSSR count). The molecule has 0 saturated heterocycles. The Morgan fingerprint density at radius 3 is 2.20 bits per heavy atom. The minimum atomic E-state index is -3.56. The Labute approximate surface area is 62.9 Å². The topological polar surface area (TPSA) is 54.6 Å². The van der Waals surface area contributed by atoms with Gasteiger partial charge in [0.1, 0.15) is 0 Å². The first-order chi connectivity index (χ1) is 4.58. The molecule has 2 N–H and O–H groups in total. The Morgan fingerprint density at radius 1 is 1.30 bits per heavy atom. The molecular formula is C4H6NO3PS. The van der Waals surface area contributed by atoms with Crippen molar-refractivity contribution in [3.8, 4) is 0 Å². The molecule has 0 unspecified atom stereocenters. The Kier molecular flexibility index (Phi) is 2.11. The number of hydrogen-bond acceptors (Lipinski definition) is 2. The van der Waals surface area contributed by atoms with Crippen LogP contribution in [0, 0.1) is 0 Å². The van der Waals surface area contributed by atoms with Gasteiger partial charge in [-0.05, 0) is 12.1 Å². The molecule has 56 valence electrons. The van der Waals surface area contributed by atoms with Crippen molar-refractivity contribution < 1.29 is 14.4 Å². The summed E-state index contributed by atoms with van der Waals surface area (Å²) in [4.78, 5) is 17.3. The largest absolute Gasteiger partial charge is 0.394 e. The van der Waals surface area contributed by atoms with Crippen LogP contribution in [0.15, 0.2) is 24.5 Å². The summed E-state index contributed by atoms with van der Waals surface area (Å²) in [5.41, 5.74) is 0. The number of rotatable bonds is 2. The maximum absolute atomic E-state index is 8.63. The van der Waals surface area contributed by atoms with E-state index in [0.29, 0.717) is 0 Å². The molecule has 6 heteroatoms. The lowest BCUT2D eigenvalue weighted by atomic mass is 10.7.